The number of benzene rings is 1. The lowest BCUT2D eigenvalue weighted by molar-refractivity contribution is 0.0588. The van der Waals surface area contributed by atoms with Gasteiger partial charge in [0.25, 0.3) is 5.91 Å². The van der Waals surface area contributed by atoms with Crippen molar-refractivity contribution in [1.29, 1.82) is 0 Å². The number of carbonyl (C=O) groups excluding carboxylic acids is 3. The molecule has 0 aliphatic heterocycles. The number of ketones is 1. The van der Waals surface area contributed by atoms with E-state index in [1.165, 1.54) is 7.11 Å². The topological polar surface area (TPSA) is 68.6 Å². The van der Waals surface area contributed by atoms with E-state index in [4.69, 9.17) is 4.74 Å². The summed E-state index contributed by atoms with van der Waals surface area (Å²) in [6, 6.07) is 6.67. The second-order valence-electron chi connectivity index (χ2n) is 6.93. The number of methoxy groups -OCH3 is 1. The number of hydrogen-bond acceptors (Lipinski definition) is 4. The van der Waals surface area contributed by atoms with Gasteiger partial charge in [0.2, 0.25) is 0 Å². The van der Waals surface area contributed by atoms with E-state index < -0.39 is 12.0 Å². The fourth-order valence-corrected chi connectivity index (χ4v) is 3.64. The Morgan fingerprint density at radius 2 is 1.75 bits per heavy atom. The lowest BCUT2D eigenvalue weighted by Crippen LogP contribution is -2.43. The number of esters is 1. The molecule has 0 bridgehead atoms. The highest BCUT2D eigenvalue weighted by Gasteiger charge is 2.32. The van der Waals surface area contributed by atoms with Crippen LogP contribution >= 0.6 is 0 Å². The molecular weight excluding hydrogens is 356 g/mol. The van der Waals surface area contributed by atoms with Crippen LogP contribution < -0.4 is 0 Å². The van der Waals surface area contributed by atoms with Crippen molar-refractivity contribution in [2.24, 2.45) is 7.05 Å². The smallest absolute Gasteiger partial charge is 0.354 e. The molecule has 2 rings (SSSR count). The summed E-state index contributed by atoms with van der Waals surface area (Å²) in [6.07, 6.45) is 0. The fraction of sp³-hybridized carbons (Fsp3) is 0.409. The van der Waals surface area contributed by atoms with Gasteiger partial charge in [-0.2, -0.15) is 0 Å². The predicted octanol–water partition coefficient (Wildman–Crippen LogP) is 3.47. The zero-order chi connectivity index (χ0) is 21.2. The molecule has 0 fully saturated rings. The highest BCUT2D eigenvalue weighted by atomic mass is 16.5. The van der Waals surface area contributed by atoms with Crippen LogP contribution in [0.4, 0.5) is 0 Å². The molecular formula is C22H28N2O4. The zero-order valence-electron chi connectivity index (χ0n) is 17.6. The quantitative estimate of drug-likeness (QED) is 0.565. The number of ether oxygens (including phenoxy) is 1. The third-order valence-electron chi connectivity index (χ3n) is 5.38. The van der Waals surface area contributed by atoms with Crippen molar-refractivity contribution in [3.63, 3.8) is 0 Å². The van der Waals surface area contributed by atoms with Gasteiger partial charge in [0.15, 0.2) is 5.78 Å². The Morgan fingerprint density at radius 3 is 2.29 bits per heavy atom. The van der Waals surface area contributed by atoms with Crippen molar-refractivity contribution in [1.82, 2.24) is 9.47 Å². The molecule has 1 heterocycles. The summed E-state index contributed by atoms with van der Waals surface area (Å²) in [4.78, 5) is 40.1. The summed E-state index contributed by atoms with van der Waals surface area (Å²) in [5, 5.41) is 0. The van der Waals surface area contributed by atoms with Crippen LogP contribution in [0.15, 0.2) is 24.3 Å². The van der Waals surface area contributed by atoms with E-state index in [0.717, 1.165) is 5.56 Å². The Balaban J connectivity index is 2.44. The van der Waals surface area contributed by atoms with Gasteiger partial charge in [-0.3, -0.25) is 9.59 Å². The molecule has 0 aliphatic carbocycles. The van der Waals surface area contributed by atoms with Crippen LogP contribution in [0.5, 0.6) is 0 Å². The maximum absolute atomic E-state index is 13.3. The predicted molar refractivity (Wildman–Crippen MR) is 108 cm³/mol. The Bertz CT molecular complexity index is 927. The lowest BCUT2D eigenvalue weighted by atomic mass is 9.98. The maximum Gasteiger partial charge on any atom is 0.354 e. The van der Waals surface area contributed by atoms with Crippen LogP contribution in [0, 0.1) is 20.8 Å². The van der Waals surface area contributed by atoms with Crippen LogP contribution in [-0.4, -0.2) is 46.8 Å². The third-order valence-corrected chi connectivity index (χ3v) is 5.38. The first-order valence-corrected chi connectivity index (χ1v) is 9.32. The molecule has 28 heavy (non-hydrogen) atoms. The Kier molecular flexibility index (Phi) is 6.44. The maximum atomic E-state index is 13.3. The highest BCUT2D eigenvalue weighted by molar-refractivity contribution is 6.07. The SMILES string of the molecule is CCN(C(=O)c1ccccc1C)C(C)C(=O)c1c(C)c(C(=O)OC)n(C)c1C. The average molecular weight is 384 g/mol. The molecule has 0 radical (unpaired) electrons. The monoisotopic (exact) mass is 384 g/mol. The van der Waals surface area contributed by atoms with Crippen molar-refractivity contribution in [2.75, 3.05) is 13.7 Å². The number of aryl methyl sites for hydroxylation is 1. The second-order valence-corrected chi connectivity index (χ2v) is 6.93. The molecule has 2 aromatic rings. The van der Waals surface area contributed by atoms with E-state index in [0.29, 0.717) is 34.6 Å². The minimum atomic E-state index is -0.664. The first-order chi connectivity index (χ1) is 13.2. The highest BCUT2D eigenvalue weighted by Crippen LogP contribution is 2.25. The molecule has 6 heteroatoms. The zero-order valence-corrected chi connectivity index (χ0v) is 17.6. The van der Waals surface area contributed by atoms with Crippen molar-refractivity contribution < 1.29 is 19.1 Å². The van der Waals surface area contributed by atoms with Crippen molar-refractivity contribution >= 4 is 17.7 Å². The van der Waals surface area contributed by atoms with E-state index in [2.05, 4.69) is 0 Å². The number of nitrogens with zero attached hydrogens (tertiary/aromatic N) is 2. The first-order valence-electron chi connectivity index (χ1n) is 9.32. The summed E-state index contributed by atoms with van der Waals surface area (Å²) < 4.78 is 6.52. The molecule has 1 unspecified atom stereocenters. The summed E-state index contributed by atoms with van der Waals surface area (Å²) >= 11 is 0. The average Bonchev–Trinajstić information content (AvgIpc) is 2.90. The van der Waals surface area contributed by atoms with Crippen molar-refractivity contribution in [2.45, 2.75) is 40.7 Å². The third kappa shape index (κ3) is 3.59. The molecule has 1 amide bonds. The van der Waals surface area contributed by atoms with E-state index >= 15 is 0 Å². The summed E-state index contributed by atoms with van der Waals surface area (Å²) in [5.74, 6) is -0.858. The largest absolute Gasteiger partial charge is 0.464 e. The van der Waals surface area contributed by atoms with Crippen molar-refractivity contribution in [3.8, 4) is 0 Å². The van der Waals surface area contributed by atoms with Crippen LogP contribution in [-0.2, 0) is 11.8 Å². The molecule has 1 aromatic heterocycles. The fourth-order valence-electron chi connectivity index (χ4n) is 3.64. The molecule has 1 aromatic carbocycles. The number of hydrogen-bond donors (Lipinski definition) is 0. The molecule has 0 aliphatic rings. The Labute approximate surface area is 166 Å². The van der Waals surface area contributed by atoms with Gasteiger partial charge in [0.05, 0.1) is 13.2 Å². The van der Waals surface area contributed by atoms with E-state index in [-0.39, 0.29) is 11.7 Å². The van der Waals surface area contributed by atoms with Crippen LogP contribution in [0.1, 0.15) is 61.9 Å². The van der Waals surface area contributed by atoms with E-state index in [9.17, 15) is 14.4 Å². The van der Waals surface area contributed by atoms with Gasteiger partial charge in [0, 0.05) is 30.4 Å². The van der Waals surface area contributed by atoms with Gasteiger partial charge in [-0.15, -0.1) is 0 Å². The summed E-state index contributed by atoms with van der Waals surface area (Å²) in [6.45, 7) is 9.38. The van der Waals surface area contributed by atoms with Gasteiger partial charge in [-0.25, -0.2) is 4.79 Å². The molecule has 0 N–H and O–H groups in total. The van der Waals surface area contributed by atoms with Crippen LogP contribution in [0.2, 0.25) is 0 Å². The van der Waals surface area contributed by atoms with Gasteiger partial charge >= 0.3 is 5.97 Å². The van der Waals surface area contributed by atoms with E-state index in [1.54, 1.807) is 43.4 Å². The van der Waals surface area contributed by atoms with Gasteiger partial charge in [-0.05, 0) is 51.8 Å². The normalized spacial score (nSPS) is 11.8. The Hall–Kier alpha value is -2.89. The Morgan fingerprint density at radius 1 is 1.14 bits per heavy atom. The molecule has 0 spiro atoms. The second kappa shape index (κ2) is 8.42. The molecule has 0 saturated heterocycles. The van der Waals surface area contributed by atoms with Gasteiger partial charge in [0.1, 0.15) is 5.69 Å². The van der Waals surface area contributed by atoms with Gasteiger partial charge < -0.3 is 14.2 Å². The first kappa shape index (κ1) is 21.4. The number of Topliss-reactive ketones (excluding diaryl/α,β-unsaturated/α-hetero) is 1. The number of likely N-dealkylation sites (N-methyl/N-ethyl adjacent to an activating group) is 1. The summed E-state index contributed by atoms with van der Waals surface area (Å²) in [5.41, 5.74) is 3.51. The molecule has 150 valence electrons. The van der Waals surface area contributed by atoms with Crippen LogP contribution in [0.3, 0.4) is 0 Å². The molecule has 0 saturated carbocycles. The van der Waals surface area contributed by atoms with E-state index in [1.807, 2.05) is 32.0 Å². The minimum absolute atomic E-state index is 0.180. The molecule has 6 nitrogen and oxygen atoms in total. The minimum Gasteiger partial charge on any atom is -0.464 e. The standard InChI is InChI=1S/C22H28N2O4/c1-8-24(21(26)17-12-10-9-11-13(17)2)16(5)20(25)18-14(3)19(22(27)28-7)23(6)15(18)4/h9-12,16H,8H2,1-7H3. The number of rotatable bonds is 6. The molecule has 1 atom stereocenters. The van der Waals surface area contributed by atoms with Gasteiger partial charge in [-0.1, -0.05) is 18.2 Å². The van der Waals surface area contributed by atoms with Crippen molar-refractivity contribution in [3.05, 3.63) is 57.9 Å². The lowest BCUT2D eigenvalue weighted by Gasteiger charge is -2.28. The van der Waals surface area contributed by atoms with Crippen LogP contribution in [0.25, 0.3) is 0 Å². The summed E-state index contributed by atoms with van der Waals surface area (Å²) in [7, 11) is 3.04. The number of amides is 1. The number of carbonyl (C=O) groups is 3. The number of aromatic nitrogens is 1.